The average Bonchev–Trinajstić information content (AvgIpc) is 2.79. The quantitative estimate of drug-likeness (QED) is 0.643. The smallest absolute Gasteiger partial charge is 0.320 e. The third-order valence-electron chi connectivity index (χ3n) is 2.98. The molecule has 1 fully saturated rings. The lowest BCUT2D eigenvalue weighted by Crippen LogP contribution is -2.43. The van der Waals surface area contributed by atoms with Gasteiger partial charge in [-0.05, 0) is 31.7 Å². The first kappa shape index (κ1) is 11.0. The molecule has 0 aliphatic carbocycles. The van der Waals surface area contributed by atoms with Crippen LogP contribution >= 0.6 is 0 Å². The third-order valence-corrected chi connectivity index (χ3v) is 2.98. The van der Waals surface area contributed by atoms with Crippen LogP contribution in [0, 0.1) is 5.92 Å². The van der Waals surface area contributed by atoms with E-state index < -0.39 is 12.0 Å². The number of carboxylic acids is 1. The van der Waals surface area contributed by atoms with E-state index in [2.05, 4.69) is 25.9 Å². The molecule has 7 nitrogen and oxygen atoms in total. The average molecular weight is 225 g/mol. The largest absolute Gasteiger partial charge is 0.480 e. The highest BCUT2D eigenvalue weighted by molar-refractivity contribution is 5.73. The highest BCUT2D eigenvalue weighted by Crippen LogP contribution is 2.21. The van der Waals surface area contributed by atoms with Gasteiger partial charge in [0.05, 0.1) is 0 Å². The molecule has 2 atom stereocenters. The lowest BCUT2D eigenvalue weighted by atomic mass is 9.88. The van der Waals surface area contributed by atoms with E-state index in [-0.39, 0.29) is 0 Å². The number of piperidine rings is 1. The van der Waals surface area contributed by atoms with E-state index in [1.54, 1.807) is 0 Å². The van der Waals surface area contributed by atoms with Crippen LogP contribution in [-0.2, 0) is 11.2 Å². The number of tetrazole rings is 1. The Bertz CT molecular complexity index is 340. The monoisotopic (exact) mass is 225 g/mol. The van der Waals surface area contributed by atoms with Crippen molar-refractivity contribution in [1.82, 2.24) is 25.9 Å². The van der Waals surface area contributed by atoms with Crippen LogP contribution in [0.5, 0.6) is 0 Å². The van der Waals surface area contributed by atoms with Crippen molar-refractivity contribution in [2.24, 2.45) is 5.92 Å². The maximum absolute atomic E-state index is 10.8. The minimum absolute atomic E-state index is 0.399. The first-order chi connectivity index (χ1) is 7.75. The van der Waals surface area contributed by atoms with E-state index in [0.29, 0.717) is 18.2 Å². The van der Waals surface area contributed by atoms with Gasteiger partial charge in [0.25, 0.3) is 0 Å². The topological polar surface area (TPSA) is 104 Å². The fourth-order valence-corrected chi connectivity index (χ4v) is 2.07. The molecule has 0 aromatic carbocycles. The number of aryl methyl sites for hydroxylation is 1. The Kier molecular flexibility index (Phi) is 3.45. The van der Waals surface area contributed by atoms with Gasteiger partial charge >= 0.3 is 5.97 Å². The second-order valence-electron chi connectivity index (χ2n) is 4.10. The number of nitrogens with one attached hydrogen (secondary N) is 2. The molecule has 0 saturated carbocycles. The standard InChI is InChI=1S/C9H15N5O2/c15-9(16)7-5-6(3-4-10-7)1-2-8-11-13-14-12-8/h6-7,10H,1-5H2,(H,15,16)(H,11,12,13,14)/t6-,7+/m1/s1. The first-order valence-corrected chi connectivity index (χ1v) is 5.44. The van der Waals surface area contributed by atoms with E-state index in [1.807, 2.05) is 0 Å². The number of hydrogen-bond acceptors (Lipinski definition) is 5. The molecule has 1 aromatic heterocycles. The van der Waals surface area contributed by atoms with E-state index in [4.69, 9.17) is 5.11 Å². The summed E-state index contributed by atoms with van der Waals surface area (Å²) >= 11 is 0. The van der Waals surface area contributed by atoms with Crippen molar-refractivity contribution in [3.63, 3.8) is 0 Å². The Hall–Kier alpha value is -1.50. The van der Waals surface area contributed by atoms with Gasteiger partial charge < -0.3 is 10.4 Å². The van der Waals surface area contributed by atoms with Gasteiger partial charge in [0.15, 0.2) is 5.82 Å². The van der Waals surface area contributed by atoms with Crippen LogP contribution < -0.4 is 5.32 Å². The Morgan fingerprint density at radius 2 is 2.44 bits per heavy atom. The van der Waals surface area contributed by atoms with Gasteiger partial charge in [-0.25, -0.2) is 0 Å². The Labute approximate surface area is 92.6 Å². The highest BCUT2D eigenvalue weighted by atomic mass is 16.4. The predicted octanol–water partition coefficient (Wildman–Crippen LogP) is -0.415. The van der Waals surface area contributed by atoms with Crippen LogP contribution in [-0.4, -0.2) is 44.3 Å². The van der Waals surface area contributed by atoms with Gasteiger partial charge in [0.2, 0.25) is 0 Å². The molecule has 0 radical (unpaired) electrons. The van der Waals surface area contributed by atoms with Crippen molar-refractivity contribution < 1.29 is 9.90 Å². The molecule has 0 unspecified atom stereocenters. The molecule has 3 N–H and O–H groups in total. The number of H-pyrrole nitrogens is 1. The molecule has 2 rings (SSSR count). The first-order valence-electron chi connectivity index (χ1n) is 5.44. The molecule has 1 aromatic rings. The summed E-state index contributed by atoms with van der Waals surface area (Å²) in [4.78, 5) is 10.8. The number of aromatic nitrogens is 4. The van der Waals surface area contributed by atoms with Gasteiger partial charge in [-0.15, -0.1) is 10.2 Å². The summed E-state index contributed by atoms with van der Waals surface area (Å²) in [5.74, 6) is 0.371. The fraction of sp³-hybridized carbons (Fsp3) is 0.778. The summed E-state index contributed by atoms with van der Waals surface area (Å²) in [5.41, 5.74) is 0. The number of rotatable bonds is 4. The van der Waals surface area contributed by atoms with E-state index >= 15 is 0 Å². The lowest BCUT2D eigenvalue weighted by molar-refractivity contribution is -0.140. The Morgan fingerprint density at radius 3 is 3.12 bits per heavy atom. The number of hydrogen-bond donors (Lipinski definition) is 3. The van der Waals surface area contributed by atoms with Gasteiger partial charge in [-0.1, -0.05) is 5.21 Å². The number of aliphatic carboxylic acids is 1. The molecule has 16 heavy (non-hydrogen) atoms. The van der Waals surface area contributed by atoms with Crippen LogP contribution in [0.25, 0.3) is 0 Å². The minimum atomic E-state index is -0.760. The summed E-state index contributed by atoms with van der Waals surface area (Å²) in [6.45, 7) is 0.772. The summed E-state index contributed by atoms with van der Waals surface area (Å²) < 4.78 is 0. The van der Waals surface area contributed by atoms with Crippen molar-refractivity contribution in [3.8, 4) is 0 Å². The molecule has 88 valence electrons. The third kappa shape index (κ3) is 2.75. The minimum Gasteiger partial charge on any atom is -0.480 e. The summed E-state index contributed by atoms with van der Waals surface area (Å²) in [6, 6.07) is -0.399. The SMILES string of the molecule is O=C(O)[C@@H]1C[C@H](CCc2nn[nH]n2)CCN1. The molecule has 1 saturated heterocycles. The van der Waals surface area contributed by atoms with Crippen LogP contribution in [0.3, 0.4) is 0 Å². The zero-order chi connectivity index (χ0) is 11.4. The molecule has 0 spiro atoms. The zero-order valence-corrected chi connectivity index (χ0v) is 8.89. The predicted molar refractivity (Wildman–Crippen MR) is 54.6 cm³/mol. The van der Waals surface area contributed by atoms with Crippen molar-refractivity contribution >= 4 is 5.97 Å². The molecule has 1 aliphatic rings. The lowest BCUT2D eigenvalue weighted by Gasteiger charge is -2.27. The number of nitrogens with zero attached hydrogens (tertiary/aromatic N) is 3. The molecule has 0 amide bonds. The van der Waals surface area contributed by atoms with Crippen molar-refractivity contribution in [2.75, 3.05) is 6.54 Å². The van der Waals surface area contributed by atoms with Gasteiger partial charge in [-0.2, -0.15) is 5.21 Å². The van der Waals surface area contributed by atoms with Crippen LogP contribution in [0.15, 0.2) is 0 Å². The second-order valence-corrected chi connectivity index (χ2v) is 4.10. The van der Waals surface area contributed by atoms with E-state index in [1.165, 1.54) is 0 Å². The maximum atomic E-state index is 10.8. The maximum Gasteiger partial charge on any atom is 0.320 e. The molecule has 1 aliphatic heterocycles. The van der Waals surface area contributed by atoms with E-state index in [9.17, 15) is 4.79 Å². The molecule has 0 bridgehead atoms. The van der Waals surface area contributed by atoms with Crippen molar-refractivity contribution in [1.29, 1.82) is 0 Å². The number of aromatic amines is 1. The van der Waals surface area contributed by atoms with Crippen LogP contribution in [0.4, 0.5) is 0 Å². The zero-order valence-electron chi connectivity index (χ0n) is 8.89. The number of carbonyl (C=O) groups is 1. The summed E-state index contributed by atoms with van der Waals surface area (Å²) in [7, 11) is 0. The van der Waals surface area contributed by atoms with Crippen molar-refractivity contribution in [2.45, 2.75) is 31.7 Å². The van der Waals surface area contributed by atoms with Gasteiger partial charge in [0.1, 0.15) is 6.04 Å². The van der Waals surface area contributed by atoms with Gasteiger partial charge in [0, 0.05) is 6.42 Å². The molecule has 7 heteroatoms. The molecular weight excluding hydrogens is 210 g/mol. The van der Waals surface area contributed by atoms with E-state index in [0.717, 1.165) is 25.8 Å². The molecule has 2 heterocycles. The van der Waals surface area contributed by atoms with Gasteiger partial charge in [-0.3, -0.25) is 4.79 Å². The summed E-state index contributed by atoms with van der Waals surface area (Å²) in [6.07, 6.45) is 3.38. The Morgan fingerprint density at radius 1 is 1.56 bits per heavy atom. The Balaban J connectivity index is 1.79. The van der Waals surface area contributed by atoms with Crippen molar-refractivity contribution in [3.05, 3.63) is 5.82 Å². The molecular formula is C9H15N5O2. The fourth-order valence-electron chi connectivity index (χ4n) is 2.07. The summed E-state index contributed by atoms with van der Waals surface area (Å²) in [5, 5.41) is 25.5. The number of carboxylic acid groups (broad SMARTS) is 1. The highest BCUT2D eigenvalue weighted by Gasteiger charge is 2.26. The second kappa shape index (κ2) is 5.02. The van der Waals surface area contributed by atoms with Crippen LogP contribution in [0.2, 0.25) is 0 Å². The normalized spacial score (nSPS) is 25.5. The van der Waals surface area contributed by atoms with Crippen LogP contribution in [0.1, 0.15) is 25.1 Å².